The lowest BCUT2D eigenvalue weighted by Gasteiger charge is -2.22. The van der Waals surface area contributed by atoms with Crippen molar-refractivity contribution in [1.82, 2.24) is 5.32 Å². The first kappa shape index (κ1) is 20.0. The van der Waals surface area contributed by atoms with Crippen molar-refractivity contribution >= 4 is 21.6 Å². The standard InChI is InChI=1S/C20H26N2O3S/c1-13-10-11-14(2)18(12-13)16(4)21-20(23)17-8-7-9-19(15(17)3)22(5)26(6,24)25/h7-12,16H,1-6H3,(H,21,23)/t16-/m0/s1. The minimum absolute atomic E-state index is 0.155. The van der Waals surface area contributed by atoms with Gasteiger partial charge in [0.1, 0.15) is 0 Å². The molecule has 0 aliphatic carbocycles. The molecule has 0 saturated carbocycles. The van der Waals surface area contributed by atoms with E-state index >= 15 is 0 Å². The highest BCUT2D eigenvalue weighted by Gasteiger charge is 2.20. The number of nitrogens with zero attached hydrogens (tertiary/aromatic N) is 1. The van der Waals surface area contributed by atoms with Crippen LogP contribution in [0.25, 0.3) is 0 Å². The quantitative estimate of drug-likeness (QED) is 0.871. The van der Waals surface area contributed by atoms with Crippen LogP contribution in [-0.2, 0) is 10.0 Å². The van der Waals surface area contributed by atoms with Crippen LogP contribution in [0, 0.1) is 20.8 Å². The second kappa shape index (κ2) is 7.50. The van der Waals surface area contributed by atoms with Crippen molar-refractivity contribution in [2.24, 2.45) is 0 Å². The number of amides is 1. The highest BCUT2D eigenvalue weighted by Crippen LogP contribution is 2.25. The molecule has 1 amide bonds. The first-order chi connectivity index (χ1) is 12.0. The molecule has 2 rings (SSSR count). The number of hydrogen-bond donors (Lipinski definition) is 1. The number of hydrogen-bond acceptors (Lipinski definition) is 3. The molecule has 0 aromatic heterocycles. The van der Waals surface area contributed by atoms with Crippen molar-refractivity contribution in [2.75, 3.05) is 17.6 Å². The topological polar surface area (TPSA) is 66.5 Å². The molecule has 0 spiro atoms. The van der Waals surface area contributed by atoms with Crippen LogP contribution in [0.5, 0.6) is 0 Å². The Kier molecular flexibility index (Phi) is 5.76. The maximum atomic E-state index is 12.8. The summed E-state index contributed by atoms with van der Waals surface area (Å²) in [6.07, 6.45) is 1.14. The fourth-order valence-corrected chi connectivity index (χ4v) is 3.52. The molecule has 0 saturated heterocycles. The van der Waals surface area contributed by atoms with Gasteiger partial charge in [0.2, 0.25) is 10.0 Å². The molecule has 0 aliphatic heterocycles. The zero-order valence-corrected chi connectivity index (χ0v) is 16.9. The molecule has 26 heavy (non-hydrogen) atoms. The number of rotatable bonds is 5. The van der Waals surface area contributed by atoms with Gasteiger partial charge in [-0.05, 0) is 56.5 Å². The Morgan fingerprint density at radius 2 is 1.77 bits per heavy atom. The molecule has 5 nitrogen and oxygen atoms in total. The summed E-state index contributed by atoms with van der Waals surface area (Å²) < 4.78 is 24.8. The summed E-state index contributed by atoms with van der Waals surface area (Å²) in [6, 6.07) is 11.1. The number of nitrogens with one attached hydrogen (secondary N) is 1. The Labute approximate surface area is 156 Å². The van der Waals surface area contributed by atoms with Gasteiger partial charge in [-0.15, -0.1) is 0 Å². The maximum Gasteiger partial charge on any atom is 0.252 e. The highest BCUT2D eigenvalue weighted by atomic mass is 32.2. The third kappa shape index (κ3) is 4.25. The Balaban J connectivity index is 2.32. The number of aryl methyl sites for hydroxylation is 2. The van der Waals surface area contributed by atoms with Crippen LogP contribution in [-0.4, -0.2) is 27.6 Å². The monoisotopic (exact) mass is 374 g/mol. The Morgan fingerprint density at radius 3 is 2.38 bits per heavy atom. The van der Waals surface area contributed by atoms with E-state index in [1.165, 1.54) is 11.4 Å². The summed E-state index contributed by atoms with van der Waals surface area (Å²) in [4.78, 5) is 12.8. The van der Waals surface area contributed by atoms with Gasteiger partial charge in [-0.1, -0.05) is 29.8 Å². The lowest BCUT2D eigenvalue weighted by molar-refractivity contribution is 0.0939. The van der Waals surface area contributed by atoms with Gasteiger partial charge in [-0.3, -0.25) is 9.10 Å². The van der Waals surface area contributed by atoms with Crippen LogP contribution in [0.4, 0.5) is 5.69 Å². The summed E-state index contributed by atoms with van der Waals surface area (Å²) in [6.45, 7) is 7.74. The maximum absolute atomic E-state index is 12.8. The average molecular weight is 375 g/mol. The van der Waals surface area contributed by atoms with Gasteiger partial charge in [0.15, 0.2) is 0 Å². The number of carbonyl (C=O) groups excluding carboxylic acids is 1. The fraction of sp³-hybridized carbons (Fsp3) is 0.350. The van der Waals surface area contributed by atoms with Crippen LogP contribution < -0.4 is 9.62 Å². The lowest BCUT2D eigenvalue weighted by Crippen LogP contribution is -2.29. The molecule has 2 aromatic carbocycles. The molecule has 0 radical (unpaired) electrons. The summed E-state index contributed by atoms with van der Waals surface area (Å²) in [7, 11) is -1.91. The van der Waals surface area contributed by atoms with Gasteiger partial charge in [-0.2, -0.15) is 0 Å². The van der Waals surface area contributed by atoms with E-state index in [9.17, 15) is 13.2 Å². The van der Waals surface area contributed by atoms with E-state index < -0.39 is 10.0 Å². The Bertz CT molecular complexity index is 936. The minimum atomic E-state index is -3.40. The third-order valence-corrected chi connectivity index (χ3v) is 5.83. The van der Waals surface area contributed by atoms with Gasteiger partial charge in [-0.25, -0.2) is 8.42 Å². The summed E-state index contributed by atoms with van der Waals surface area (Å²) in [5.41, 5.74) is 4.92. The SMILES string of the molecule is Cc1ccc(C)c([C@H](C)NC(=O)c2cccc(N(C)S(C)(=O)=O)c2C)c1. The number of benzene rings is 2. The van der Waals surface area contributed by atoms with Gasteiger partial charge in [0, 0.05) is 12.6 Å². The first-order valence-corrected chi connectivity index (χ1v) is 10.3. The molecule has 0 heterocycles. The second-order valence-corrected chi connectivity index (χ2v) is 8.75. The van der Waals surface area contributed by atoms with Crippen LogP contribution in [0.1, 0.15) is 45.6 Å². The molecule has 2 aromatic rings. The molecule has 1 N–H and O–H groups in total. The fourth-order valence-electron chi connectivity index (χ4n) is 2.97. The predicted molar refractivity (Wildman–Crippen MR) is 106 cm³/mol. The first-order valence-electron chi connectivity index (χ1n) is 8.44. The van der Waals surface area contributed by atoms with Crippen molar-refractivity contribution in [3.05, 3.63) is 64.2 Å². The van der Waals surface area contributed by atoms with Crippen LogP contribution in [0.15, 0.2) is 36.4 Å². The zero-order valence-electron chi connectivity index (χ0n) is 16.1. The van der Waals surface area contributed by atoms with Crippen LogP contribution >= 0.6 is 0 Å². The molecular weight excluding hydrogens is 348 g/mol. The van der Waals surface area contributed by atoms with Gasteiger partial charge in [0.05, 0.1) is 18.0 Å². The smallest absolute Gasteiger partial charge is 0.252 e. The number of anilines is 1. The largest absolute Gasteiger partial charge is 0.345 e. The zero-order chi connectivity index (χ0) is 19.6. The molecule has 0 fully saturated rings. The van der Waals surface area contributed by atoms with Crippen LogP contribution in [0.2, 0.25) is 0 Å². The Morgan fingerprint density at radius 1 is 1.12 bits per heavy atom. The van der Waals surface area contributed by atoms with E-state index in [0.717, 1.165) is 22.9 Å². The summed E-state index contributed by atoms with van der Waals surface area (Å²) >= 11 is 0. The van der Waals surface area contributed by atoms with Crippen molar-refractivity contribution in [1.29, 1.82) is 0 Å². The molecule has 0 bridgehead atoms. The second-order valence-electron chi connectivity index (χ2n) is 6.74. The molecule has 0 aliphatic rings. The molecule has 6 heteroatoms. The van der Waals surface area contributed by atoms with E-state index in [2.05, 4.69) is 11.4 Å². The van der Waals surface area contributed by atoms with E-state index in [1.807, 2.05) is 32.9 Å². The van der Waals surface area contributed by atoms with Gasteiger partial charge < -0.3 is 5.32 Å². The molecule has 140 valence electrons. The summed E-state index contributed by atoms with van der Waals surface area (Å²) in [5, 5.41) is 3.02. The van der Waals surface area contributed by atoms with Gasteiger partial charge in [0.25, 0.3) is 5.91 Å². The van der Waals surface area contributed by atoms with Crippen molar-refractivity contribution < 1.29 is 13.2 Å². The van der Waals surface area contributed by atoms with Crippen LogP contribution in [0.3, 0.4) is 0 Å². The summed E-state index contributed by atoms with van der Waals surface area (Å²) in [5.74, 6) is -0.223. The third-order valence-electron chi connectivity index (χ3n) is 4.64. The van der Waals surface area contributed by atoms with Crippen molar-refractivity contribution in [3.8, 4) is 0 Å². The molecule has 1 atom stereocenters. The van der Waals surface area contributed by atoms with E-state index in [1.54, 1.807) is 25.1 Å². The normalized spacial score (nSPS) is 12.5. The number of sulfonamides is 1. The number of carbonyl (C=O) groups is 1. The average Bonchev–Trinajstić information content (AvgIpc) is 2.55. The predicted octanol–water partition coefficient (Wildman–Crippen LogP) is 3.50. The Hall–Kier alpha value is -2.34. The molecular formula is C20H26N2O3S. The van der Waals surface area contributed by atoms with Crippen molar-refractivity contribution in [3.63, 3.8) is 0 Å². The van der Waals surface area contributed by atoms with E-state index in [4.69, 9.17) is 0 Å². The lowest BCUT2D eigenvalue weighted by atomic mass is 9.99. The highest BCUT2D eigenvalue weighted by molar-refractivity contribution is 7.92. The van der Waals surface area contributed by atoms with E-state index in [0.29, 0.717) is 16.8 Å². The minimum Gasteiger partial charge on any atom is -0.345 e. The molecule has 0 unspecified atom stereocenters. The van der Waals surface area contributed by atoms with E-state index in [-0.39, 0.29) is 11.9 Å². The van der Waals surface area contributed by atoms with Crippen molar-refractivity contribution in [2.45, 2.75) is 33.7 Å². The van der Waals surface area contributed by atoms with Gasteiger partial charge >= 0.3 is 0 Å².